The van der Waals surface area contributed by atoms with Crippen LogP contribution in [0.5, 0.6) is 0 Å². The number of H-pyrrole nitrogens is 1. The highest BCUT2D eigenvalue weighted by atomic mass is 79.9. The van der Waals surface area contributed by atoms with Gasteiger partial charge in [-0.25, -0.2) is 9.18 Å². The van der Waals surface area contributed by atoms with Crippen molar-refractivity contribution in [2.75, 3.05) is 5.32 Å². The van der Waals surface area contributed by atoms with E-state index >= 15 is 0 Å². The topological polar surface area (TPSA) is 67.0 Å². The van der Waals surface area contributed by atoms with Gasteiger partial charge in [0.05, 0.1) is 15.4 Å². The predicted molar refractivity (Wildman–Crippen MR) is 73.6 cm³/mol. The van der Waals surface area contributed by atoms with E-state index in [9.17, 15) is 9.18 Å². The lowest BCUT2D eigenvalue weighted by Crippen LogP contribution is -2.27. The Hall–Kier alpha value is -1.63. The Balaban J connectivity index is 2.31. The summed E-state index contributed by atoms with van der Waals surface area (Å²) in [6.45, 7) is 5.26. The summed E-state index contributed by atoms with van der Waals surface area (Å²) in [5.41, 5.74) is -0.00193. The van der Waals surface area contributed by atoms with E-state index in [1.165, 1.54) is 6.07 Å². The number of halogens is 2. The molecular weight excluding hydrogens is 317 g/mol. The molecule has 0 unspecified atom stereocenters. The zero-order chi connectivity index (χ0) is 14.2. The van der Waals surface area contributed by atoms with Crippen molar-refractivity contribution in [3.8, 4) is 0 Å². The maximum atomic E-state index is 13.5. The molecule has 5 nitrogen and oxygen atoms in total. The minimum atomic E-state index is -0.642. The smallest absolute Gasteiger partial charge is 0.413 e. The normalized spacial score (nSPS) is 11.6. The van der Waals surface area contributed by atoms with E-state index in [2.05, 4.69) is 31.4 Å². The minimum absolute atomic E-state index is 0.218. The van der Waals surface area contributed by atoms with Crippen LogP contribution >= 0.6 is 15.9 Å². The largest absolute Gasteiger partial charge is 0.444 e. The summed E-state index contributed by atoms with van der Waals surface area (Å²) >= 11 is 3.14. The molecule has 0 atom stereocenters. The van der Waals surface area contributed by atoms with Gasteiger partial charge in [0.1, 0.15) is 11.4 Å². The zero-order valence-electron chi connectivity index (χ0n) is 10.7. The Morgan fingerprint density at radius 1 is 1.47 bits per heavy atom. The first kappa shape index (κ1) is 13.8. The third-order valence-electron chi connectivity index (χ3n) is 2.24. The second-order valence-corrected chi connectivity index (χ2v) is 5.78. The average Bonchev–Trinajstić information content (AvgIpc) is 2.65. The second kappa shape index (κ2) is 4.80. The number of anilines is 1. The molecule has 0 bridgehead atoms. The molecule has 1 amide bonds. The van der Waals surface area contributed by atoms with Crippen LogP contribution in [0.25, 0.3) is 10.9 Å². The molecule has 1 heterocycles. The van der Waals surface area contributed by atoms with Gasteiger partial charge < -0.3 is 4.74 Å². The number of hydrogen-bond acceptors (Lipinski definition) is 3. The Kier molecular flexibility index (Phi) is 3.49. The lowest BCUT2D eigenvalue weighted by molar-refractivity contribution is 0.0635. The van der Waals surface area contributed by atoms with E-state index < -0.39 is 17.5 Å². The van der Waals surface area contributed by atoms with Gasteiger partial charge in [-0.2, -0.15) is 5.10 Å². The molecule has 1 aromatic carbocycles. The quantitative estimate of drug-likeness (QED) is 0.835. The minimum Gasteiger partial charge on any atom is -0.444 e. The number of carbonyl (C=O) groups is 1. The van der Waals surface area contributed by atoms with Crippen LogP contribution < -0.4 is 5.32 Å². The zero-order valence-corrected chi connectivity index (χ0v) is 12.3. The molecule has 0 saturated heterocycles. The summed E-state index contributed by atoms with van der Waals surface area (Å²) in [4.78, 5) is 11.7. The molecule has 2 aromatic rings. The summed E-state index contributed by atoms with van der Waals surface area (Å²) < 4.78 is 18.8. The molecule has 0 aliphatic rings. The SMILES string of the molecule is CC(C)(C)OC(=O)Nc1n[nH]c2ccc(F)c(Br)c12. The van der Waals surface area contributed by atoms with E-state index in [0.29, 0.717) is 10.9 Å². The fourth-order valence-electron chi connectivity index (χ4n) is 1.54. The Morgan fingerprint density at radius 2 is 2.16 bits per heavy atom. The number of nitrogens with zero attached hydrogens (tertiary/aromatic N) is 1. The Labute approximate surface area is 117 Å². The number of hydrogen-bond donors (Lipinski definition) is 2. The molecule has 2 rings (SSSR count). The Bertz CT molecular complexity index is 634. The van der Waals surface area contributed by atoms with E-state index in [1.807, 2.05) is 0 Å². The van der Waals surface area contributed by atoms with Gasteiger partial charge in [0.2, 0.25) is 0 Å². The second-order valence-electron chi connectivity index (χ2n) is 4.98. The monoisotopic (exact) mass is 329 g/mol. The van der Waals surface area contributed by atoms with E-state index in [1.54, 1.807) is 26.8 Å². The van der Waals surface area contributed by atoms with Crippen LogP contribution in [0.2, 0.25) is 0 Å². The summed E-state index contributed by atoms with van der Waals surface area (Å²) in [7, 11) is 0. The molecule has 102 valence electrons. The molecular formula is C12H13BrFN3O2. The summed E-state index contributed by atoms with van der Waals surface area (Å²) in [5, 5.41) is 9.59. The van der Waals surface area contributed by atoms with Crippen LogP contribution in [0.3, 0.4) is 0 Å². The predicted octanol–water partition coefficient (Wildman–Crippen LogP) is 3.81. The fourth-order valence-corrected chi connectivity index (χ4v) is 2.07. The number of ether oxygens (including phenoxy) is 1. The fraction of sp³-hybridized carbons (Fsp3) is 0.333. The third-order valence-corrected chi connectivity index (χ3v) is 3.01. The van der Waals surface area contributed by atoms with Gasteiger partial charge in [0.15, 0.2) is 5.82 Å². The number of rotatable bonds is 1. The van der Waals surface area contributed by atoms with Crippen LogP contribution in [0.4, 0.5) is 15.0 Å². The molecule has 19 heavy (non-hydrogen) atoms. The lowest BCUT2D eigenvalue weighted by Gasteiger charge is -2.19. The van der Waals surface area contributed by atoms with Crippen LogP contribution in [-0.2, 0) is 4.74 Å². The third kappa shape index (κ3) is 3.04. The maximum absolute atomic E-state index is 13.5. The summed E-state index contributed by atoms with van der Waals surface area (Å²) in [6, 6.07) is 2.85. The molecule has 0 aliphatic carbocycles. The van der Waals surface area contributed by atoms with Crippen molar-refractivity contribution in [3.05, 3.63) is 22.4 Å². The number of carbonyl (C=O) groups excluding carboxylic acids is 1. The van der Waals surface area contributed by atoms with Crippen molar-refractivity contribution in [2.24, 2.45) is 0 Å². The van der Waals surface area contributed by atoms with E-state index in [0.717, 1.165) is 0 Å². The first-order valence-corrected chi connectivity index (χ1v) is 6.39. The number of nitrogens with one attached hydrogen (secondary N) is 2. The highest BCUT2D eigenvalue weighted by molar-refractivity contribution is 9.10. The molecule has 7 heteroatoms. The van der Waals surface area contributed by atoms with Gasteiger partial charge in [-0.3, -0.25) is 10.4 Å². The number of benzene rings is 1. The van der Waals surface area contributed by atoms with Gasteiger partial charge in [0.25, 0.3) is 0 Å². The van der Waals surface area contributed by atoms with Crippen molar-refractivity contribution in [3.63, 3.8) is 0 Å². The van der Waals surface area contributed by atoms with Crippen molar-refractivity contribution < 1.29 is 13.9 Å². The van der Waals surface area contributed by atoms with Crippen LogP contribution in [-0.4, -0.2) is 21.9 Å². The van der Waals surface area contributed by atoms with Gasteiger partial charge in [-0.15, -0.1) is 0 Å². The van der Waals surface area contributed by atoms with E-state index in [-0.39, 0.29) is 10.3 Å². The van der Waals surface area contributed by atoms with Gasteiger partial charge in [-0.1, -0.05) is 0 Å². The van der Waals surface area contributed by atoms with Gasteiger partial charge >= 0.3 is 6.09 Å². The number of amides is 1. The molecule has 0 saturated carbocycles. The van der Waals surface area contributed by atoms with Gasteiger partial charge in [0, 0.05) is 0 Å². The first-order valence-electron chi connectivity index (χ1n) is 5.60. The van der Waals surface area contributed by atoms with Crippen molar-refractivity contribution in [1.82, 2.24) is 10.2 Å². The Morgan fingerprint density at radius 3 is 2.79 bits per heavy atom. The first-order chi connectivity index (χ1) is 8.78. The standard InChI is InChI=1S/C12H13BrFN3O2/c1-12(2,3)19-11(18)15-10-8-7(16-17-10)5-4-6(14)9(8)13/h4-5H,1-3H3,(H2,15,16,17,18). The van der Waals surface area contributed by atoms with Crippen molar-refractivity contribution in [2.45, 2.75) is 26.4 Å². The number of fused-ring (bicyclic) bond motifs is 1. The average molecular weight is 330 g/mol. The molecule has 0 aliphatic heterocycles. The molecule has 0 spiro atoms. The molecule has 1 aromatic heterocycles. The van der Waals surface area contributed by atoms with Crippen LogP contribution in [0.1, 0.15) is 20.8 Å². The van der Waals surface area contributed by atoms with E-state index in [4.69, 9.17) is 4.74 Å². The van der Waals surface area contributed by atoms with Crippen LogP contribution in [0, 0.1) is 5.82 Å². The molecule has 0 fully saturated rings. The van der Waals surface area contributed by atoms with Crippen LogP contribution in [0.15, 0.2) is 16.6 Å². The number of aromatic nitrogens is 2. The maximum Gasteiger partial charge on any atom is 0.413 e. The summed E-state index contributed by atoms with van der Waals surface area (Å²) in [5.74, 6) is -0.211. The highest BCUT2D eigenvalue weighted by Crippen LogP contribution is 2.31. The summed E-state index contributed by atoms with van der Waals surface area (Å²) in [6.07, 6.45) is -0.642. The molecule has 2 N–H and O–H groups in total. The van der Waals surface area contributed by atoms with Crippen molar-refractivity contribution in [1.29, 1.82) is 0 Å². The van der Waals surface area contributed by atoms with Gasteiger partial charge in [-0.05, 0) is 48.8 Å². The lowest BCUT2D eigenvalue weighted by atomic mass is 10.2. The van der Waals surface area contributed by atoms with Crippen molar-refractivity contribution >= 4 is 38.7 Å². The highest BCUT2D eigenvalue weighted by Gasteiger charge is 2.19. The molecule has 0 radical (unpaired) electrons. The number of aromatic amines is 1.